The third kappa shape index (κ3) is 2.75. The van der Waals surface area contributed by atoms with Gasteiger partial charge in [-0.05, 0) is 25.3 Å². The second-order valence-corrected chi connectivity index (χ2v) is 5.18. The van der Waals surface area contributed by atoms with Crippen molar-refractivity contribution in [1.82, 2.24) is 4.98 Å². The molecule has 0 aliphatic carbocycles. The number of nitrogens with zero attached hydrogens (tertiary/aromatic N) is 2. The number of pyridine rings is 1. The zero-order chi connectivity index (χ0) is 14.7. The lowest BCUT2D eigenvalue weighted by Gasteiger charge is -2.19. The van der Waals surface area contributed by atoms with Gasteiger partial charge in [-0.3, -0.25) is 9.88 Å². The molecule has 1 N–H and O–H groups in total. The summed E-state index contributed by atoms with van der Waals surface area (Å²) in [7, 11) is 1.60. The summed E-state index contributed by atoms with van der Waals surface area (Å²) in [6.45, 7) is 4.01. The van der Waals surface area contributed by atoms with Crippen LogP contribution in [0.4, 0.5) is 10.5 Å². The zero-order valence-corrected chi connectivity index (χ0v) is 12.4. The van der Waals surface area contributed by atoms with Gasteiger partial charge < -0.3 is 9.84 Å². The number of amides is 1. The third-order valence-electron chi connectivity index (χ3n) is 3.11. The number of carbonyl (C=O) groups is 1. The predicted octanol–water partition coefficient (Wildman–Crippen LogP) is 3.45. The van der Waals surface area contributed by atoms with Gasteiger partial charge >= 0.3 is 6.09 Å². The monoisotopic (exact) mass is 292 g/mol. The van der Waals surface area contributed by atoms with Crippen molar-refractivity contribution in [3.8, 4) is 5.75 Å². The molecule has 0 saturated carbocycles. The first-order valence-corrected chi connectivity index (χ1v) is 7.00. The van der Waals surface area contributed by atoms with Crippen LogP contribution in [0, 0.1) is 13.8 Å². The van der Waals surface area contributed by atoms with Crippen LogP contribution in [0.3, 0.4) is 0 Å². The molecule has 2 aromatic heterocycles. The Morgan fingerprint density at radius 3 is 2.80 bits per heavy atom. The fourth-order valence-corrected chi connectivity index (χ4v) is 2.70. The van der Waals surface area contributed by atoms with Gasteiger partial charge in [0, 0.05) is 22.7 Å². The van der Waals surface area contributed by atoms with Crippen LogP contribution >= 0.6 is 11.3 Å². The number of hydrogen-bond acceptors (Lipinski definition) is 4. The Hall–Kier alpha value is -2.08. The van der Waals surface area contributed by atoms with Crippen molar-refractivity contribution < 1.29 is 14.6 Å². The molecule has 0 fully saturated rings. The summed E-state index contributed by atoms with van der Waals surface area (Å²) in [6, 6.07) is 1.78. The van der Waals surface area contributed by atoms with Crippen molar-refractivity contribution in [1.29, 1.82) is 0 Å². The van der Waals surface area contributed by atoms with E-state index in [0.717, 1.165) is 16.9 Å². The van der Waals surface area contributed by atoms with Crippen LogP contribution in [0.15, 0.2) is 23.0 Å². The molecule has 6 heteroatoms. The molecule has 0 radical (unpaired) electrons. The smallest absolute Gasteiger partial charge is 0.412 e. The zero-order valence-electron chi connectivity index (χ0n) is 11.6. The van der Waals surface area contributed by atoms with Crippen LogP contribution < -0.4 is 9.64 Å². The van der Waals surface area contributed by atoms with E-state index >= 15 is 0 Å². The van der Waals surface area contributed by atoms with Gasteiger partial charge in [0.15, 0.2) is 0 Å². The molecule has 1 amide bonds. The van der Waals surface area contributed by atoms with E-state index in [4.69, 9.17) is 4.74 Å². The van der Waals surface area contributed by atoms with Gasteiger partial charge in [-0.15, -0.1) is 0 Å². The summed E-state index contributed by atoms with van der Waals surface area (Å²) in [5.41, 5.74) is 3.16. The Balaban J connectivity index is 2.35. The molecule has 2 heterocycles. The van der Waals surface area contributed by atoms with Crippen LogP contribution in [0.1, 0.15) is 16.8 Å². The number of anilines is 1. The molecular weight excluding hydrogens is 276 g/mol. The SMILES string of the molecule is COc1c(C)cnc(CN(C(=O)O)c2ccsc2)c1C. The van der Waals surface area contributed by atoms with Crippen LogP contribution in [-0.2, 0) is 6.54 Å². The van der Waals surface area contributed by atoms with Gasteiger partial charge in [-0.25, -0.2) is 4.79 Å². The normalized spacial score (nSPS) is 10.3. The van der Waals surface area contributed by atoms with Crippen LogP contribution in [0.25, 0.3) is 0 Å². The highest BCUT2D eigenvalue weighted by molar-refractivity contribution is 7.08. The van der Waals surface area contributed by atoms with Gasteiger partial charge in [0.25, 0.3) is 0 Å². The van der Waals surface area contributed by atoms with Crippen molar-refractivity contribution >= 4 is 23.1 Å². The minimum atomic E-state index is -0.996. The molecule has 0 aliphatic rings. The summed E-state index contributed by atoms with van der Waals surface area (Å²) < 4.78 is 5.35. The van der Waals surface area contributed by atoms with Gasteiger partial charge in [-0.2, -0.15) is 11.3 Å². The van der Waals surface area contributed by atoms with Crippen molar-refractivity contribution in [3.05, 3.63) is 39.8 Å². The Morgan fingerprint density at radius 2 is 2.25 bits per heavy atom. The molecule has 0 atom stereocenters. The second-order valence-electron chi connectivity index (χ2n) is 4.40. The Morgan fingerprint density at radius 1 is 1.50 bits per heavy atom. The highest BCUT2D eigenvalue weighted by atomic mass is 32.1. The van der Waals surface area contributed by atoms with Gasteiger partial charge in [-0.1, -0.05) is 0 Å². The number of aromatic nitrogens is 1. The molecule has 20 heavy (non-hydrogen) atoms. The van der Waals surface area contributed by atoms with E-state index < -0.39 is 6.09 Å². The standard InChI is InChI=1S/C14H16N2O3S/c1-9-6-15-12(10(2)13(9)19-3)7-16(14(17)18)11-4-5-20-8-11/h4-6,8H,7H2,1-3H3,(H,17,18). The summed E-state index contributed by atoms with van der Waals surface area (Å²) in [4.78, 5) is 17.0. The van der Waals surface area contributed by atoms with Crippen molar-refractivity contribution in [2.75, 3.05) is 12.0 Å². The lowest BCUT2D eigenvalue weighted by atomic mass is 10.1. The quantitative estimate of drug-likeness (QED) is 0.937. The van der Waals surface area contributed by atoms with E-state index in [0.29, 0.717) is 11.4 Å². The van der Waals surface area contributed by atoms with E-state index in [1.807, 2.05) is 19.2 Å². The topological polar surface area (TPSA) is 62.7 Å². The number of ether oxygens (including phenoxy) is 1. The van der Waals surface area contributed by atoms with Gasteiger partial charge in [0.1, 0.15) is 5.75 Å². The Labute approximate surface area is 121 Å². The minimum Gasteiger partial charge on any atom is -0.496 e. The molecule has 2 aromatic rings. The van der Waals surface area contributed by atoms with Crippen molar-refractivity contribution in [2.24, 2.45) is 0 Å². The van der Waals surface area contributed by atoms with Gasteiger partial charge in [0.2, 0.25) is 0 Å². The number of methoxy groups -OCH3 is 1. The second kappa shape index (κ2) is 5.92. The molecular formula is C14H16N2O3S. The van der Waals surface area contributed by atoms with E-state index in [2.05, 4.69) is 4.98 Å². The fourth-order valence-electron chi connectivity index (χ4n) is 2.06. The number of aryl methyl sites for hydroxylation is 1. The molecule has 0 spiro atoms. The van der Waals surface area contributed by atoms with Gasteiger partial charge in [0.05, 0.1) is 25.0 Å². The predicted molar refractivity (Wildman–Crippen MR) is 78.8 cm³/mol. The molecule has 0 unspecified atom stereocenters. The first-order valence-electron chi connectivity index (χ1n) is 6.06. The lowest BCUT2D eigenvalue weighted by molar-refractivity contribution is 0.201. The minimum absolute atomic E-state index is 0.203. The average molecular weight is 292 g/mol. The molecule has 5 nitrogen and oxygen atoms in total. The molecule has 2 rings (SSSR count). The number of hydrogen-bond donors (Lipinski definition) is 1. The lowest BCUT2D eigenvalue weighted by Crippen LogP contribution is -2.29. The summed E-state index contributed by atoms with van der Waals surface area (Å²) in [5.74, 6) is 0.755. The highest BCUT2D eigenvalue weighted by Gasteiger charge is 2.19. The summed E-state index contributed by atoms with van der Waals surface area (Å²) in [5, 5.41) is 13.0. The number of rotatable bonds is 4. The molecule has 106 valence electrons. The largest absolute Gasteiger partial charge is 0.496 e. The van der Waals surface area contributed by atoms with Crippen molar-refractivity contribution in [2.45, 2.75) is 20.4 Å². The number of thiophene rings is 1. The maximum absolute atomic E-state index is 11.4. The molecule has 0 bridgehead atoms. The van der Waals surface area contributed by atoms with Crippen LogP contribution in [-0.4, -0.2) is 23.3 Å². The summed E-state index contributed by atoms with van der Waals surface area (Å²) >= 11 is 1.46. The van der Waals surface area contributed by atoms with E-state index in [9.17, 15) is 9.90 Å². The number of carboxylic acid groups (broad SMARTS) is 1. The molecule has 0 saturated heterocycles. The van der Waals surface area contributed by atoms with E-state index in [-0.39, 0.29) is 6.54 Å². The molecule has 0 aromatic carbocycles. The first-order chi connectivity index (χ1) is 9.54. The van der Waals surface area contributed by atoms with E-state index in [1.165, 1.54) is 16.2 Å². The van der Waals surface area contributed by atoms with E-state index in [1.54, 1.807) is 24.8 Å². The third-order valence-corrected chi connectivity index (χ3v) is 3.78. The summed E-state index contributed by atoms with van der Waals surface area (Å²) in [6.07, 6.45) is 0.707. The van der Waals surface area contributed by atoms with Crippen LogP contribution in [0.2, 0.25) is 0 Å². The Kier molecular flexibility index (Phi) is 4.24. The fraction of sp³-hybridized carbons (Fsp3) is 0.286. The highest BCUT2D eigenvalue weighted by Crippen LogP contribution is 2.27. The maximum Gasteiger partial charge on any atom is 0.412 e. The average Bonchev–Trinajstić information content (AvgIpc) is 2.91. The Bertz CT molecular complexity index is 611. The first kappa shape index (κ1) is 14.3. The van der Waals surface area contributed by atoms with Crippen molar-refractivity contribution in [3.63, 3.8) is 0 Å². The van der Waals surface area contributed by atoms with Crippen LogP contribution in [0.5, 0.6) is 5.75 Å². The maximum atomic E-state index is 11.4. The molecule has 0 aliphatic heterocycles.